The van der Waals surface area contributed by atoms with E-state index in [1.807, 2.05) is 0 Å². The third kappa shape index (κ3) is 11.5. The van der Waals surface area contributed by atoms with Crippen LogP contribution in [0.4, 0.5) is 0 Å². The molecule has 0 bridgehead atoms. The minimum Gasteiger partial charge on any atom is -1.00 e. The zero-order chi connectivity index (χ0) is 43.7. The molecule has 0 saturated heterocycles. The Balaban J connectivity index is 0.000000244. The molecule has 0 aliphatic heterocycles. The van der Waals surface area contributed by atoms with Crippen LogP contribution in [0.25, 0.3) is 66.1 Å². The summed E-state index contributed by atoms with van der Waals surface area (Å²) in [7, 11) is 0. The molecule has 0 unspecified atom stereocenters. The van der Waals surface area contributed by atoms with Crippen LogP contribution in [0.15, 0.2) is 133 Å². The number of halogens is 2. The number of fused-ring (bicyclic) bond motifs is 2. The van der Waals surface area contributed by atoms with E-state index in [2.05, 4.69) is 230 Å². The molecule has 8 aromatic carbocycles. The molecule has 0 fully saturated rings. The average Bonchev–Trinajstić information content (AvgIpc) is 3.74. The predicted molar refractivity (Wildman–Crippen MR) is 264 cm³/mol. The fraction of sp³-hybridized carbons (Fsp3) is 0.276. The molecule has 0 aliphatic carbocycles. The molecule has 4 heteroatoms. The van der Waals surface area contributed by atoms with E-state index in [4.69, 9.17) is 0 Å². The fourth-order valence-electron chi connectivity index (χ4n) is 8.60. The maximum absolute atomic E-state index is 2.43. The van der Waals surface area contributed by atoms with Crippen LogP contribution in [0.3, 0.4) is 0 Å². The monoisotopic (exact) mass is 948 g/mol. The van der Waals surface area contributed by atoms with Gasteiger partial charge in [-0.05, 0) is 49.7 Å². The van der Waals surface area contributed by atoms with Crippen molar-refractivity contribution in [2.75, 3.05) is 0 Å². The first-order valence-electron chi connectivity index (χ1n) is 21.5. The Morgan fingerprint density at radius 2 is 0.581 bits per heavy atom. The van der Waals surface area contributed by atoms with E-state index < -0.39 is 0 Å². The van der Waals surface area contributed by atoms with Crippen LogP contribution in [0.2, 0.25) is 13.1 Å². The molecule has 0 nitrogen and oxygen atoms in total. The third-order valence-electron chi connectivity index (χ3n) is 11.7. The molecule has 8 rings (SSSR count). The van der Waals surface area contributed by atoms with E-state index in [1.165, 1.54) is 111 Å². The van der Waals surface area contributed by atoms with Gasteiger partial charge >= 0.3 is 41.9 Å². The Labute approximate surface area is 401 Å². The van der Waals surface area contributed by atoms with Crippen molar-refractivity contribution >= 4 is 27.0 Å². The fourth-order valence-corrected chi connectivity index (χ4v) is 8.60. The Morgan fingerprint density at radius 3 is 0.806 bits per heavy atom. The van der Waals surface area contributed by atoms with Gasteiger partial charge in [-0.2, -0.15) is 11.1 Å². The Kier molecular flexibility index (Phi) is 17.1. The SMILES string of the molecule is C[Si](C)=[Zr+2].Cc1ccc(-c2ccc(-c3ccc(C)cc3)c3c(C)c(C(C)(C)C)[cH-]c23)cc1.Cc1ccc(-c2ccc(-c3ccc(C)cc3)c3c(C)c(C(C)(C)C)[cH-]c23)cc1.[Cl-].[Cl-]. The van der Waals surface area contributed by atoms with Crippen LogP contribution in [0, 0.1) is 41.5 Å². The van der Waals surface area contributed by atoms with E-state index in [-0.39, 0.29) is 41.1 Å². The molecule has 0 N–H and O–H groups in total. The molecular weight excluding hydrogens is 887 g/mol. The molecule has 0 amide bonds. The van der Waals surface area contributed by atoms with Crippen LogP contribution in [-0.2, 0) is 34.2 Å². The summed E-state index contributed by atoms with van der Waals surface area (Å²) in [5.41, 5.74) is 21.8. The molecular formula is C58H64Cl2SiZr-2. The Bertz CT molecular complexity index is 2570. The van der Waals surface area contributed by atoms with Crippen molar-refractivity contribution in [3.63, 3.8) is 0 Å². The van der Waals surface area contributed by atoms with Crippen LogP contribution < -0.4 is 24.8 Å². The first-order valence-corrected chi connectivity index (χ1v) is 27.7. The summed E-state index contributed by atoms with van der Waals surface area (Å²) in [4.78, 5) is 0. The van der Waals surface area contributed by atoms with E-state index in [0.717, 1.165) is 0 Å². The van der Waals surface area contributed by atoms with Crippen LogP contribution >= 0.6 is 0 Å². The zero-order valence-corrected chi connectivity index (χ0v) is 44.4. The quantitative estimate of drug-likeness (QED) is 0.122. The van der Waals surface area contributed by atoms with Crippen molar-refractivity contribution in [3.05, 3.63) is 178 Å². The zero-order valence-electron chi connectivity index (χ0n) is 39.5. The van der Waals surface area contributed by atoms with Crippen molar-refractivity contribution < 1.29 is 48.1 Å². The molecule has 62 heavy (non-hydrogen) atoms. The summed E-state index contributed by atoms with van der Waals surface area (Å²) < 4.78 is 0. The van der Waals surface area contributed by atoms with Crippen molar-refractivity contribution in [1.82, 2.24) is 0 Å². The van der Waals surface area contributed by atoms with E-state index in [1.54, 1.807) is 23.3 Å². The minimum atomic E-state index is 0. The van der Waals surface area contributed by atoms with Crippen molar-refractivity contribution in [1.29, 1.82) is 0 Å². The van der Waals surface area contributed by atoms with Gasteiger partial charge in [-0.15, -0.1) is 44.8 Å². The van der Waals surface area contributed by atoms with Gasteiger partial charge in [-0.1, -0.05) is 232 Å². The first kappa shape index (κ1) is 50.9. The normalized spacial score (nSPS) is 11.2. The summed E-state index contributed by atoms with van der Waals surface area (Å²) in [5.74, 6) is 0. The third-order valence-corrected chi connectivity index (χ3v) is 11.7. The van der Waals surface area contributed by atoms with Crippen molar-refractivity contribution in [2.24, 2.45) is 0 Å². The van der Waals surface area contributed by atoms with Crippen molar-refractivity contribution in [2.45, 2.75) is 107 Å². The molecule has 0 atom stereocenters. The second-order valence-corrected chi connectivity index (χ2v) is 28.6. The standard InChI is InChI=1S/2C28H29.C2H6Si.2ClH.Zr/c2*1-18-7-11-21(12-8-18)23-15-16-24(22-13-9-19(2)10-14-22)27-20(3)26(17-25(23)27)28(4,5)6;1-3-2;;;/h2*7-17H,1-6H3;1-2H3;2*1H;/q2*-1;;;;+2/p-2. The van der Waals surface area contributed by atoms with E-state index in [9.17, 15) is 0 Å². The van der Waals surface area contributed by atoms with Crippen LogP contribution in [-0.4, -0.2) is 5.43 Å². The minimum absolute atomic E-state index is 0. The van der Waals surface area contributed by atoms with Crippen LogP contribution in [0.5, 0.6) is 0 Å². The van der Waals surface area contributed by atoms with Gasteiger partial charge in [0.15, 0.2) is 0 Å². The Morgan fingerprint density at radius 1 is 0.371 bits per heavy atom. The van der Waals surface area contributed by atoms with Gasteiger partial charge in [0.25, 0.3) is 0 Å². The molecule has 0 aromatic heterocycles. The molecule has 320 valence electrons. The number of aryl methyl sites for hydroxylation is 6. The summed E-state index contributed by atoms with van der Waals surface area (Å²) in [6.45, 7) is 31.6. The molecule has 0 saturated carbocycles. The Hall–Kier alpha value is -3.78. The molecule has 0 spiro atoms. The van der Waals surface area contributed by atoms with Gasteiger partial charge in [-0.3, -0.25) is 0 Å². The molecule has 0 radical (unpaired) electrons. The number of hydrogen-bond donors (Lipinski definition) is 0. The number of rotatable bonds is 4. The van der Waals surface area contributed by atoms with Gasteiger partial charge in [0.2, 0.25) is 0 Å². The van der Waals surface area contributed by atoms with Gasteiger partial charge in [0.05, 0.1) is 0 Å². The van der Waals surface area contributed by atoms with Gasteiger partial charge in [0.1, 0.15) is 0 Å². The first-order chi connectivity index (χ1) is 28.2. The summed E-state index contributed by atoms with van der Waals surface area (Å²) in [6, 6.07) is 49.7. The summed E-state index contributed by atoms with van der Waals surface area (Å²) >= 11 is 1.74. The molecule has 0 heterocycles. The smallest absolute Gasteiger partial charge is 0.0279 e. The summed E-state index contributed by atoms with van der Waals surface area (Å²) in [5, 5.41) is 5.52. The van der Waals surface area contributed by atoms with Crippen LogP contribution in [0.1, 0.15) is 86.1 Å². The van der Waals surface area contributed by atoms with Gasteiger partial charge in [-0.25, -0.2) is 0 Å². The van der Waals surface area contributed by atoms with E-state index >= 15 is 0 Å². The maximum atomic E-state index is 2.43. The second kappa shape index (κ2) is 20.8. The van der Waals surface area contributed by atoms with Gasteiger partial charge < -0.3 is 24.8 Å². The van der Waals surface area contributed by atoms with Gasteiger partial charge in [0, 0.05) is 0 Å². The topological polar surface area (TPSA) is 0 Å². The van der Waals surface area contributed by atoms with E-state index in [0.29, 0.717) is 0 Å². The number of benzene rings is 6. The molecule has 8 aromatic rings. The second-order valence-electron chi connectivity index (χ2n) is 19.2. The van der Waals surface area contributed by atoms with Crippen molar-refractivity contribution in [3.8, 4) is 44.5 Å². The number of hydrogen-bond acceptors (Lipinski definition) is 0. The largest absolute Gasteiger partial charge is 1.00 e. The molecule has 0 aliphatic rings. The summed E-state index contributed by atoms with van der Waals surface area (Å²) in [6.07, 6.45) is 0. The average molecular weight is 951 g/mol. The predicted octanol–water partition coefficient (Wildman–Crippen LogP) is 11.0. The maximum Gasteiger partial charge on any atom is -0.0279 e.